The molecule has 0 unspecified atom stereocenters. The Morgan fingerprint density at radius 3 is 1.02 bits per heavy atom. The minimum absolute atomic E-state index is 0.188. The second kappa shape index (κ2) is 25.5. The Balaban J connectivity index is 6.12. The van der Waals surface area contributed by atoms with E-state index in [-0.39, 0.29) is 6.42 Å². The van der Waals surface area contributed by atoms with Crippen molar-refractivity contribution >= 4 is 26.4 Å². The summed E-state index contributed by atoms with van der Waals surface area (Å²) in [5.74, 6) is -8.41. The summed E-state index contributed by atoms with van der Waals surface area (Å²) in [5, 5.41) is 0. The van der Waals surface area contributed by atoms with Gasteiger partial charge >= 0.3 is 44.7 Å². The van der Waals surface area contributed by atoms with Crippen LogP contribution in [0.2, 0.25) is 18.1 Å². The van der Waals surface area contributed by atoms with Crippen molar-refractivity contribution in [2.45, 2.75) is 106 Å². The fourth-order valence-electron chi connectivity index (χ4n) is 6.31. The summed E-state index contributed by atoms with van der Waals surface area (Å²) in [6.07, 6.45) is -15.9. The molecular formula is C32H62F10O13Si3. The lowest BCUT2D eigenvalue weighted by Crippen LogP contribution is -2.44. The summed E-state index contributed by atoms with van der Waals surface area (Å²) < 4.78 is 207. The summed E-state index contributed by atoms with van der Waals surface area (Å²) in [7, 11) is 4.08. The predicted octanol–water partition coefficient (Wildman–Crippen LogP) is 7.86. The maximum Gasteiger partial charge on any atom is 0.500 e. The average Bonchev–Trinajstić information content (AvgIpc) is 3.15. The van der Waals surface area contributed by atoms with Gasteiger partial charge in [0.2, 0.25) is 0 Å². The zero-order valence-electron chi connectivity index (χ0n) is 34.9. The first kappa shape index (κ1) is 57.4. The van der Waals surface area contributed by atoms with Gasteiger partial charge in [-0.15, -0.1) is 0 Å². The van der Waals surface area contributed by atoms with Crippen molar-refractivity contribution in [1.82, 2.24) is 0 Å². The number of alkyl halides is 10. The highest BCUT2D eigenvalue weighted by Crippen LogP contribution is 2.45. The Morgan fingerprint density at radius 1 is 0.362 bits per heavy atom. The maximum atomic E-state index is 15.4. The lowest BCUT2D eigenvalue weighted by atomic mass is 9.72. The smallest absolute Gasteiger partial charge is 0.377 e. The van der Waals surface area contributed by atoms with Crippen molar-refractivity contribution < 1.29 is 103 Å². The summed E-state index contributed by atoms with van der Waals surface area (Å²) in [6.45, 7) is -7.58. The number of ether oxygens (including phenoxy) is 4. The number of hydrogen-bond donors (Lipinski definition) is 0. The molecule has 0 saturated heterocycles. The molecule has 0 rings (SSSR count). The van der Waals surface area contributed by atoms with Crippen molar-refractivity contribution in [3.05, 3.63) is 0 Å². The molecule has 0 heterocycles. The number of hydrogen-bond acceptors (Lipinski definition) is 13. The Bertz CT molecular complexity index is 1020. The molecule has 0 amide bonds. The van der Waals surface area contributed by atoms with Crippen LogP contribution in [0.5, 0.6) is 0 Å². The zero-order valence-corrected chi connectivity index (χ0v) is 37.9. The minimum Gasteiger partial charge on any atom is -0.377 e. The minimum atomic E-state index is -5.26. The summed E-state index contributed by atoms with van der Waals surface area (Å²) in [4.78, 5) is 0. The maximum absolute atomic E-state index is 15.4. The average molecular weight is 929 g/mol. The summed E-state index contributed by atoms with van der Waals surface area (Å²) >= 11 is 0. The highest BCUT2D eigenvalue weighted by molar-refractivity contribution is 6.61. The van der Waals surface area contributed by atoms with Crippen LogP contribution in [-0.4, -0.2) is 154 Å². The van der Waals surface area contributed by atoms with Gasteiger partial charge < -0.3 is 54.0 Å². The van der Waals surface area contributed by atoms with E-state index in [4.69, 9.17) is 39.8 Å². The Hall–Kier alpha value is -0.569. The van der Waals surface area contributed by atoms with E-state index in [1.807, 2.05) is 0 Å². The lowest BCUT2D eigenvalue weighted by Gasteiger charge is -2.38. The monoisotopic (exact) mass is 928 g/mol. The molecular weight excluding hydrogens is 867 g/mol. The molecule has 13 nitrogen and oxygen atoms in total. The quantitative estimate of drug-likeness (QED) is 0.0445. The van der Waals surface area contributed by atoms with Gasteiger partial charge in [0.25, 0.3) is 11.8 Å². The van der Waals surface area contributed by atoms with Gasteiger partial charge in [0.05, 0.1) is 0 Å². The van der Waals surface area contributed by atoms with E-state index < -0.39 is 101 Å². The van der Waals surface area contributed by atoms with Gasteiger partial charge in [-0.05, 0) is 50.4 Å². The molecule has 0 radical (unpaired) electrons. The highest BCUT2D eigenvalue weighted by Gasteiger charge is 2.52. The third-order valence-electron chi connectivity index (χ3n) is 9.62. The second-order valence-electron chi connectivity index (χ2n) is 13.5. The number of halogens is 10. The SMILES string of the molecule is COC(F)(F)COCC(F)(F)CC(F)(F)OC(F)(F)COCC(F)(F)CCC(CCC[Si](OC)(OC)OC)(CCC[Si](OC)(OC)OC)CCC[Si](OC)(OC)OC. The third-order valence-corrected chi connectivity index (χ3v) is 18.1. The first-order valence-electron chi connectivity index (χ1n) is 18.0. The normalized spacial score (nSPS) is 14.5. The molecule has 0 aromatic rings. The van der Waals surface area contributed by atoms with E-state index in [2.05, 4.69) is 18.9 Å². The van der Waals surface area contributed by atoms with E-state index in [0.29, 0.717) is 63.8 Å². The Labute approximate surface area is 337 Å². The molecule has 0 aromatic carbocycles. The van der Waals surface area contributed by atoms with Crippen molar-refractivity contribution in [2.24, 2.45) is 5.41 Å². The Kier molecular flexibility index (Phi) is 25.3. The topological polar surface area (TPSA) is 120 Å². The van der Waals surface area contributed by atoms with Crippen LogP contribution in [-0.2, 0) is 58.8 Å². The molecule has 0 N–H and O–H groups in total. The molecule has 58 heavy (non-hydrogen) atoms. The molecule has 350 valence electrons. The van der Waals surface area contributed by atoms with Gasteiger partial charge in [0.1, 0.15) is 32.8 Å². The van der Waals surface area contributed by atoms with Crippen molar-refractivity contribution in [2.75, 3.05) is 97.5 Å². The lowest BCUT2D eigenvalue weighted by molar-refractivity contribution is -0.397. The largest absolute Gasteiger partial charge is 0.500 e. The van der Waals surface area contributed by atoms with Crippen molar-refractivity contribution in [1.29, 1.82) is 0 Å². The molecule has 0 aliphatic rings. The van der Waals surface area contributed by atoms with Crippen LogP contribution in [0.15, 0.2) is 0 Å². The van der Waals surface area contributed by atoms with E-state index in [1.165, 1.54) is 64.0 Å². The molecule has 0 aliphatic heterocycles. The molecule has 0 fully saturated rings. The third kappa shape index (κ3) is 21.0. The van der Waals surface area contributed by atoms with E-state index in [1.54, 1.807) is 0 Å². The van der Waals surface area contributed by atoms with Crippen LogP contribution in [0.4, 0.5) is 43.9 Å². The fraction of sp³-hybridized carbons (Fsp3) is 1.00. The fourth-order valence-corrected chi connectivity index (χ4v) is 11.5. The second-order valence-corrected chi connectivity index (χ2v) is 22.8. The van der Waals surface area contributed by atoms with E-state index in [0.717, 1.165) is 0 Å². The van der Waals surface area contributed by atoms with Crippen LogP contribution >= 0.6 is 0 Å². The van der Waals surface area contributed by atoms with Gasteiger partial charge in [0, 0.05) is 95.7 Å². The van der Waals surface area contributed by atoms with Crippen LogP contribution in [0.3, 0.4) is 0 Å². The van der Waals surface area contributed by atoms with Crippen LogP contribution < -0.4 is 0 Å². The van der Waals surface area contributed by atoms with Crippen molar-refractivity contribution in [3.63, 3.8) is 0 Å². The van der Waals surface area contributed by atoms with Gasteiger partial charge in [-0.2, -0.15) is 26.3 Å². The van der Waals surface area contributed by atoms with E-state index in [9.17, 15) is 35.1 Å². The first-order valence-corrected chi connectivity index (χ1v) is 23.8. The molecule has 0 aromatic heterocycles. The van der Waals surface area contributed by atoms with Gasteiger partial charge in [-0.3, -0.25) is 4.74 Å². The van der Waals surface area contributed by atoms with E-state index >= 15 is 8.78 Å². The van der Waals surface area contributed by atoms with Gasteiger partial charge in [0.15, 0.2) is 0 Å². The number of methoxy groups -OCH3 is 1. The molecule has 0 aliphatic carbocycles. The molecule has 26 heteroatoms. The molecule has 0 saturated carbocycles. The molecule has 0 bridgehead atoms. The van der Waals surface area contributed by atoms with Crippen LogP contribution in [0.25, 0.3) is 0 Å². The first-order chi connectivity index (χ1) is 26.8. The van der Waals surface area contributed by atoms with Crippen molar-refractivity contribution in [3.8, 4) is 0 Å². The molecule has 0 spiro atoms. The van der Waals surface area contributed by atoms with Crippen LogP contribution in [0, 0.1) is 5.41 Å². The van der Waals surface area contributed by atoms with Crippen LogP contribution in [0.1, 0.15) is 57.8 Å². The molecule has 0 atom stereocenters. The summed E-state index contributed by atoms with van der Waals surface area (Å²) in [5.41, 5.74) is -0.868. The Morgan fingerprint density at radius 2 is 0.690 bits per heavy atom. The predicted molar refractivity (Wildman–Crippen MR) is 193 cm³/mol. The highest BCUT2D eigenvalue weighted by atomic mass is 28.4. The number of rotatable bonds is 37. The van der Waals surface area contributed by atoms with Gasteiger partial charge in [-0.25, -0.2) is 17.6 Å². The standard InChI is InChI=1S/C32H62F10O13Si3/c1-43-31(39,40)25-54-24-29(35,36)22-30(37,38)55-32(41,42)26-53-23-28(33,34)18-17-27(14-11-19-56(44-2,45-3)46-4,15-12-20-57(47-5,48-6)49-7)16-13-21-58(50-8,51-9)52-10/h11-26H2,1-10H3. The zero-order chi connectivity index (χ0) is 45.0. The summed E-state index contributed by atoms with van der Waals surface area (Å²) in [6, 6.07) is 0.958. The van der Waals surface area contributed by atoms with Gasteiger partial charge in [-0.1, -0.05) is 0 Å².